The van der Waals surface area contributed by atoms with E-state index in [-0.39, 0.29) is 5.54 Å². The molecule has 2 nitrogen and oxygen atoms in total. The van der Waals surface area contributed by atoms with Crippen LogP contribution in [0, 0.1) is 40.4 Å². The number of fused-ring (bicyclic) bond motifs is 5. The highest BCUT2D eigenvalue weighted by Crippen LogP contribution is 2.69. The average molecular weight is 375 g/mol. The van der Waals surface area contributed by atoms with E-state index in [1.54, 1.807) is 0 Å². The second-order valence-electron chi connectivity index (χ2n) is 11.5. The third-order valence-electron chi connectivity index (χ3n) is 10.6. The highest BCUT2D eigenvalue weighted by atomic mass is 14.9. The summed E-state index contributed by atoms with van der Waals surface area (Å²) in [7, 11) is 2.09. The normalized spacial score (nSPS) is 52.1. The topological polar surface area (TPSA) is 38.0 Å². The number of nitrogens with one attached hydrogen (secondary N) is 1. The zero-order valence-corrected chi connectivity index (χ0v) is 18.7. The van der Waals surface area contributed by atoms with Gasteiger partial charge in [-0.1, -0.05) is 40.0 Å². The van der Waals surface area contributed by atoms with E-state index in [2.05, 4.69) is 33.1 Å². The summed E-state index contributed by atoms with van der Waals surface area (Å²) in [4.78, 5) is 0. The van der Waals surface area contributed by atoms with Crippen LogP contribution in [0.1, 0.15) is 97.8 Å². The Balaban J connectivity index is 1.62. The molecular weight excluding hydrogens is 328 g/mol. The maximum atomic E-state index is 7.60. The molecule has 4 saturated carbocycles. The molecule has 8 atom stereocenters. The predicted octanol–water partition coefficient (Wildman–Crippen LogP) is 5.75. The quantitative estimate of drug-likeness (QED) is 0.601. The van der Waals surface area contributed by atoms with Crippen molar-refractivity contribution in [2.45, 2.75) is 103 Å². The van der Waals surface area contributed by atoms with E-state index in [4.69, 9.17) is 5.73 Å². The van der Waals surface area contributed by atoms with Gasteiger partial charge in [-0.3, -0.25) is 0 Å². The third-order valence-corrected chi connectivity index (χ3v) is 10.6. The van der Waals surface area contributed by atoms with Crippen LogP contribution in [0.25, 0.3) is 0 Å². The first-order valence-corrected chi connectivity index (χ1v) is 12.3. The lowest BCUT2D eigenvalue weighted by atomic mass is 9.40. The van der Waals surface area contributed by atoms with Gasteiger partial charge in [0.1, 0.15) is 0 Å². The molecule has 0 amide bonds. The van der Waals surface area contributed by atoms with Crippen molar-refractivity contribution in [3.05, 3.63) is 0 Å². The van der Waals surface area contributed by atoms with Gasteiger partial charge in [-0.05, 0) is 112 Å². The maximum absolute atomic E-state index is 7.60. The molecule has 5 unspecified atom stereocenters. The zero-order chi connectivity index (χ0) is 19.3. The van der Waals surface area contributed by atoms with Gasteiger partial charge < -0.3 is 11.1 Å². The van der Waals surface area contributed by atoms with Crippen molar-refractivity contribution in [2.75, 3.05) is 13.6 Å². The molecule has 4 fully saturated rings. The number of hydrogen-bond acceptors (Lipinski definition) is 2. The number of rotatable bonds is 5. The van der Waals surface area contributed by atoms with Crippen LogP contribution >= 0.6 is 0 Å². The minimum absolute atomic E-state index is 0.119. The van der Waals surface area contributed by atoms with E-state index < -0.39 is 0 Å². The standard InChI is InChI=1S/C25H46N2/c1-5-18-17-25(26)21-12-11-19(9-8-16-27-4)23(21,2)15-13-22(25)24(3)14-7-6-10-20(18)24/h18-22,27H,5-17,26H2,1-4H3/t18-,19-,20?,21?,22+,23?,24?,25?/m0/s1. The van der Waals surface area contributed by atoms with Gasteiger partial charge in [0, 0.05) is 5.54 Å². The number of hydrogen-bond donors (Lipinski definition) is 2. The van der Waals surface area contributed by atoms with E-state index in [9.17, 15) is 0 Å². The van der Waals surface area contributed by atoms with Crippen molar-refractivity contribution in [2.24, 2.45) is 46.2 Å². The average Bonchev–Trinajstić information content (AvgIpc) is 2.98. The van der Waals surface area contributed by atoms with Crippen LogP contribution in [0.15, 0.2) is 0 Å². The van der Waals surface area contributed by atoms with Crippen LogP contribution in [0.2, 0.25) is 0 Å². The van der Waals surface area contributed by atoms with Crippen molar-refractivity contribution in [3.63, 3.8) is 0 Å². The molecule has 0 aromatic rings. The lowest BCUT2D eigenvalue weighted by Gasteiger charge is -2.67. The van der Waals surface area contributed by atoms with Crippen LogP contribution in [-0.2, 0) is 0 Å². The van der Waals surface area contributed by atoms with Gasteiger partial charge in [-0.25, -0.2) is 0 Å². The van der Waals surface area contributed by atoms with Crippen LogP contribution in [0.5, 0.6) is 0 Å². The summed E-state index contributed by atoms with van der Waals surface area (Å²) in [6, 6.07) is 0. The lowest BCUT2D eigenvalue weighted by molar-refractivity contribution is -0.149. The Morgan fingerprint density at radius 2 is 1.74 bits per heavy atom. The molecule has 0 aromatic carbocycles. The van der Waals surface area contributed by atoms with Gasteiger partial charge in [0.25, 0.3) is 0 Å². The summed E-state index contributed by atoms with van der Waals surface area (Å²) < 4.78 is 0. The Morgan fingerprint density at radius 3 is 2.48 bits per heavy atom. The molecule has 0 heterocycles. The van der Waals surface area contributed by atoms with Crippen LogP contribution in [0.4, 0.5) is 0 Å². The minimum atomic E-state index is 0.119. The fourth-order valence-corrected chi connectivity index (χ4v) is 9.38. The summed E-state index contributed by atoms with van der Waals surface area (Å²) in [5, 5.41) is 3.35. The lowest BCUT2D eigenvalue weighted by Crippen LogP contribution is -2.69. The van der Waals surface area contributed by atoms with Crippen LogP contribution in [0.3, 0.4) is 0 Å². The molecule has 2 heteroatoms. The van der Waals surface area contributed by atoms with Crippen molar-refractivity contribution in [1.29, 1.82) is 0 Å². The predicted molar refractivity (Wildman–Crippen MR) is 116 cm³/mol. The summed E-state index contributed by atoms with van der Waals surface area (Å²) in [5.74, 6) is 4.30. The zero-order valence-electron chi connectivity index (χ0n) is 18.7. The van der Waals surface area contributed by atoms with E-state index in [0.717, 1.165) is 29.6 Å². The summed E-state index contributed by atoms with van der Waals surface area (Å²) >= 11 is 0. The Bertz CT molecular complexity index is 532. The Morgan fingerprint density at radius 1 is 0.963 bits per heavy atom. The van der Waals surface area contributed by atoms with E-state index in [1.807, 2.05) is 0 Å². The Labute approximate surface area is 168 Å². The minimum Gasteiger partial charge on any atom is -0.325 e. The molecule has 0 saturated heterocycles. The van der Waals surface area contributed by atoms with Gasteiger partial charge in [-0.2, -0.15) is 0 Å². The van der Waals surface area contributed by atoms with Gasteiger partial charge >= 0.3 is 0 Å². The van der Waals surface area contributed by atoms with Crippen molar-refractivity contribution < 1.29 is 0 Å². The van der Waals surface area contributed by atoms with Gasteiger partial charge in [-0.15, -0.1) is 0 Å². The van der Waals surface area contributed by atoms with Gasteiger partial charge in [0.05, 0.1) is 0 Å². The SMILES string of the molecule is CC[C@H]1CC2(N)C3CC[C@H](CCCNC)C3(C)CC[C@@H]2C2(C)CCCCC12. The summed E-state index contributed by atoms with van der Waals surface area (Å²) in [5.41, 5.74) is 8.75. The van der Waals surface area contributed by atoms with E-state index in [0.29, 0.717) is 10.8 Å². The fraction of sp³-hybridized carbons (Fsp3) is 1.00. The Kier molecular flexibility index (Phi) is 5.47. The second kappa shape index (κ2) is 7.31. The molecule has 27 heavy (non-hydrogen) atoms. The summed E-state index contributed by atoms with van der Waals surface area (Å²) in [6.45, 7) is 8.94. The molecular formula is C25H46N2. The van der Waals surface area contributed by atoms with Gasteiger partial charge in [0.2, 0.25) is 0 Å². The van der Waals surface area contributed by atoms with E-state index in [1.165, 1.54) is 83.6 Å². The maximum Gasteiger partial charge on any atom is 0.0224 e. The second-order valence-corrected chi connectivity index (χ2v) is 11.5. The molecule has 0 spiro atoms. The molecule has 0 aliphatic heterocycles. The molecule has 156 valence electrons. The molecule has 4 rings (SSSR count). The van der Waals surface area contributed by atoms with Crippen molar-refractivity contribution >= 4 is 0 Å². The fourth-order valence-electron chi connectivity index (χ4n) is 9.38. The highest BCUT2D eigenvalue weighted by molar-refractivity contribution is 5.19. The first kappa shape index (κ1) is 20.2. The summed E-state index contributed by atoms with van der Waals surface area (Å²) in [6.07, 6.45) is 17.0. The highest BCUT2D eigenvalue weighted by Gasteiger charge is 2.66. The third kappa shape index (κ3) is 2.95. The van der Waals surface area contributed by atoms with Crippen molar-refractivity contribution in [1.82, 2.24) is 5.32 Å². The van der Waals surface area contributed by atoms with Crippen molar-refractivity contribution in [3.8, 4) is 0 Å². The Hall–Kier alpha value is -0.0800. The first-order chi connectivity index (χ1) is 12.9. The smallest absolute Gasteiger partial charge is 0.0224 e. The molecule has 0 bridgehead atoms. The molecule has 0 aromatic heterocycles. The molecule has 0 radical (unpaired) electrons. The monoisotopic (exact) mass is 374 g/mol. The van der Waals surface area contributed by atoms with E-state index >= 15 is 0 Å². The molecule has 4 aliphatic rings. The number of nitrogens with two attached hydrogens (primary N) is 1. The first-order valence-electron chi connectivity index (χ1n) is 12.3. The van der Waals surface area contributed by atoms with Gasteiger partial charge in [0.15, 0.2) is 0 Å². The molecule has 4 aliphatic carbocycles. The van der Waals surface area contributed by atoms with Crippen LogP contribution in [-0.4, -0.2) is 19.1 Å². The van der Waals surface area contributed by atoms with Crippen LogP contribution < -0.4 is 11.1 Å². The molecule has 3 N–H and O–H groups in total. The largest absolute Gasteiger partial charge is 0.325 e.